The molecule has 0 aromatic heterocycles. The van der Waals surface area contributed by atoms with Gasteiger partial charge in [-0.2, -0.15) is 0 Å². The van der Waals surface area contributed by atoms with E-state index in [-0.39, 0.29) is 16.9 Å². The summed E-state index contributed by atoms with van der Waals surface area (Å²) < 4.78 is 27.8. The minimum Gasteiger partial charge on any atom is -0.207 e. The highest BCUT2D eigenvalue weighted by atomic mass is 32.2. The van der Waals surface area contributed by atoms with Crippen molar-refractivity contribution in [2.45, 2.75) is 37.6 Å². The maximum Gasteiger partial charge on any atom is 0.240 e. The van der Waals surface area contributed by atoms with E-state index in [0.717, 1.165) is 16.7 Å². The van der Waals surface area contributed by atoms with Crippen molar-refractivity contribution >= 4 is 10.0 Å². The SMILES string of the molecule is CC(C)(C)c1ccc(CNS(=O)(=O)c2ccc(-c3ccccc3)cc2)cc1. The molecule has 0 amide bonds. The van der Waals surface area contributed by atoms with E-state index in [1.165, 1.54) is 5.56 Å². The fraction of sp³-hybridized carbons (Fsp3) is 0.217. The van der Waals surface area contributed by atoms with E-state index in [9.17, 15) is 8.42 Å². The molecule has 0 spiro atoms. The second kappa shape index (κ2) is 7.67. The summed E-state index contributed by atoms with van der Waals surface area (Å²) in [6, 6.07) is 24.9. The van der Waals surface area contributed by atoms with Crippen LogP contribution in [0.1, 0.15) is 31.9 Å². The predicted molar refractivity (Wildman–Crippen MR) is 111 cm³/mol. The third kappa shape index (κ3) is 4.85. The lowest BCUT2D eigenvalue weighted by Gasteiger charge is -2.19. The topological polar surface area (TPSA) is 46.2 Å². The number of sulfonamides is 1. The monoisotopic (exact) mass is 379 g/mol. The van der Waals surface area contributed by atoms with Crippen LogP contribution in [0, 0.1) is 0 Å². The molecule has 0 saturated heterocycles. The molecule has 3 rings (SSSR count). The van der Waals surface area contributed by atoms with Gasteiger partial charge in [0.25, 0.3) is 0 Å². The highest BCUT2D eigenvalue weighted by Crippen LogP contribution is 2.23. The molecule has 1 N–H and O–H groups in total. The smallest absolute Gasteiger partial charge is 0.207 e. The third-order valence-electron chi connectivity index (χ3n) is 4.56. The molecule has 0 bridgehead atoms. The molecule has 0 heterocycles. The van der Waals surface area contributed by atoms with Crippen molar-refractivity contribution in [1.82, 2.24) is 4.72 Å². The van der Waals surface area contributed by atoms with Crippen LogP contribution in [0.25, 0.3) is 11.1 Å². The van der Waals surface area contributed by atoms with Crippen molar-refractivity contribution in [3.8, 4) is 11.1 Å². The van der Waals surface area contributed by atoms with Gasteiger partial charge in [0.05, 0.1) is 4.90 Å². The predicted octanol–water partition coefficient (Wildman–Crippen LogP) is 5.13. The Labute approximate surface area is 162 Å². The Hall–Kier alpha value is -2.43. The van der Waals surface area contributed by atoms with Gasteiger partial charge in [0.2, 0.25) is 10.0 Å². The number of nitrogens with one attached hydrogen (secondary N) is 1. The second-order valence-corrected chi connectivity index (χ2v) is 9.43. The Morgan fingerprint density at radius 3 is 1.85 bits per heavy atom. The van der Waals surface area contributed by atoms with Crippen molar-refractivity contribution in [3.63, 3.8) is 0 Å². The molecule has 27 heavy (non-hydrogen) atoms. The molecule has 4 heteroatoms. The van der Waals surface area contributed by atoms with Gasteiger partial charge in [-0.05, 0) is 39.8 Å². The van der Waals surface area contributed by atoms with Crippen LogP contribution in [-0.2, 0) is 22.0 Å². The van der Waals surface area contributed by atoms with E-state index in [1.54, 1.807) is 12.1 Å². The van der Waals surface area contributed by atoms with Crippen molar-refractivity contribution in [2.24, 2.45) is 0 Å². The quantitative estimate of drug-likeness (QED) is 0.668. The van der Waals surface area contributed by atoms with Gasteiger partial charge in [-0.25, -0.2) is 13.1 Å². The van der Waals surface area contributed by atoms with Crippen LogP contribution in [-0.4, -0.2) is 8.42 Å². The summed E-state index contributed by atoms with van der Waals surface area (Å²) in [6.07, 6.45) is 0. The van der Waals surface area contributed by atoms with Crippen LogP contribution < -0.4 is 4.72 Å². The third-order valence-corrected chi connectivity index (χ3v) is 5.98. The molecular weight excluding hydrogens is 354 g/mol. The van der Waals surface area contributed by atoms with Crippen LogP contribution >= 0.6 is 0 Å². The van der Waals surface area contributed by atoms with Gasteiger partial charge in [-0.1, -0.05) is 87.5 Å². The lowest BCUT2D eigenvalue weighted by molar-refractivity contribution is 0.580. The summed E-state index contributed by atoms with van der Waals surface area (Å²) in [7, 11) is -3.55. The molecule has 0 atom stereocenters. The first-order chi connectivity index (χ1) is 12.8. The van der Waals surface area contributed by atoms with Crippen LogP contribution in [0.5, 0.6) is 0 Å². The van der Waals surface area contributed by atoms with Crippen molar-refractivity contribution in [2.75, 3.05) is 0 Å². The van der Waals surface area contributed by atoms with E-state index < -0.39 is 10.0 Å². The van der Waals surface area contributed by atoms with E-state index in [2.05, 4.69) is 37.6 Å². The normalized spacial score (nSPS) is 12.1. The fourth-order valence-corrected chi connectivity index (χ4v) is 3.86. The van der Waals surface area contributed by atoms with E-state index >= 15 is 0 Å². The summed E-state index contributed by atoms with van der Waals surface area (Å²) in [6.45, 7) is 6.74. The van der Waals surface area contributed by atoms with Gasteiger partial charge in [0, 0.05) is 6.54 Å². The number of rotatable bonds is 5. The molecule has 0 fully saturated rings. The highest BCUT2D eigenvalue weighted by Gasteiger charge is 2.15. The van der Waals surface area contributed by atoms with Gasteiger partial charge in [-0.15, -0.1) is 0 Å². The Balaban J connectivity index is 1.70. The van der Waals surface area contributed by atoms with Crippen LogP contribution in [0.15, 0.2) is 83.8 Å². The van der Waals surface area contributed by atoms with Crippen LogP contribution in [0.4, 0.5) is 0 Å². The zero-order valence-corrected chi connectivity index (χ0v) is 16.8. The molecule has 0 radical (unpaired) electrons. The Morgan fingerprint density at radius 1 is 0.741 bits per heavy atom. The molecule has 0 aliphatic rings. The summed E-state index contributed by atoms with van der Waals surface area (Å²) in [5.74, 6) is 0. The molecule has 0 unspecified atom stereocenters. The molecule has 3 nitrogen and oxygen atoms in total. The molecule has 3 aromatic carbocycles. The average molecular weight is 380 g/mol. The Bertz CT molecular complexity index is 985. The van der Waals surface area contributed by atoms with Crippen molar-refractivity contribution in [3.05, 3.63) is 90.0 Å². The molecular formula is C23H25NO2S. The van der Waals surface area contributed by atoms with Crippen molar-refractivity contribution in [1.29, 1.82) is 0 Å². The number of benzene rings is 3. The molecule has 3 aromatic rings. The Kier molecular flexibility index (Phi) is 5.49. The Morgan fingerprint density at radius 2 is 1.30 bits per heavy atom. The van der Waals surface area contributed by atoms with Gasteiger partial charge >= 0.3 is 0 Å². The summed E-state index contributed by atoms with van der Waals surface area (Å²) >= 11 is 0. The second-order valence-electron chi connectivity index (χ2n) is 7.66. The molecule has 0 saturated carbocycles. The zero-order valence-electron chi connectivity index (χ0n) is 15.9. The minimum atomic E-state index is -3.55. The van der Waals surface area contributed by atoms with Gasteiger partial charge in [0.1, 0.15) is 0 Å². The minimum absolute atomic E-state index is 0.0819. The van der Waals surface area contributed by atoms with Crippen LogP contribution in [0.3, 0.4) is 0 Å². The van der Waals surface area contributed by atoms with Gasteiger partial charge in [-0.3, -0.25) is 0 Å². The summed E-state index contributed by atoms with van der Waals surface area (Å²) in [5, 5.41) is 0. The zero-order chi connectivity index (χ0) is 19.5. The van der Waals surface area contributed by atoms with Gasteiger partial charge in [0.15, 0.2) is 0 Å². The standard InChI is InChI=1S/C23H25NO2S/c1-23(2,3)21-13-9-18(10-14-21)17-24-27(25,26)22-15-11-20(12-16-22)19-7-5-4-6-8-19/h4-16,24H,17H2,1-3H3. The lowest BCUT2D eigenvalue weighted by atomic mass is 9.87. The number of hydrogen-bond donors (Lipinski definition) is 1. The first-order valence-corrected chi connectivity index (χ1v) is 10.5. The maximum atomic E-state index is 12.6. The van der Waals surface area contributed by atoms with E-state index in [1.807, 2.05) is 54.6 Å². The van der Waals surface area contributed by atoms with E-state index in [0.29, 0.717) is 0 Å². The number of hydrogen-bond acceptors (Lipinski definition) is 2. The molecule has 0 aliphatic heterocycles. The molecule has 140 valence electrons. The largest absolute Gasteiger partial charge is 0.240 e. The summed E-state index contributed by atoms with van der Waals surface area (Å²) in [4.78, 5) is 0.272. The maximum absolute atomic E-state index is 12.6. The average Bonchev–Trinajstić information content (AvgIpc) is 2.67. The van der Waals surface area contributed by atoms with Gasteiger partial charge < -0.3 is 0 Å². The molecule has 0 aliphatic carbocycles. The van der Waals surface area contributed by atoms with Crippen molar-refractivity contribution < 1.29 is 8.42 Å². The van der Waals surface area contributed by atoms with E-state index in [4.69, 9.17) is 0 Å². The highest BCUT2D eigenvalue weighted by molar-refractivity contribution is 7.89. The first kappa shape index (κ1) is 19.3. The summed E-state index contributed by atoms with van der Waals surface area (Å²) in [5.41, 5.74) is 4.30. The van der Waals surface area contributed by atoms with Crippen LogP contribution in [0.2, 0.25) is 0 Å². The lowest BCUT2D eigenvalue weighted by Crippen LogP contribution is -2.23. The fourth-order valence-electron chi connectivity index (χ4n) is 2.84. The first-order valence-electron chi connectivity index (χ1n) is 9.00.